The number of hydrogen-bond acceptors (Lipinski definition) is 6. The van der Waals surface area contributed by atoms with Crippen molar-refractivity contribution in [3.05, 3.63) is 102 Å². The van der Waals surface area contributed by atoms with E-state index in [1.165, 1.54) is 4.80 Å². The molecule has 0 saturated heterocycles. The number of benzene rings is 3. The Morgan fingerprint density at radius 1 is 0.914 bits per heavy atom. The molecule has 0 aliphatic heterocycles. The van der Waals surface area contributed by atoms with E-state index < -0.39 is 0 Å². The van der Waals surface area contributed by atoms with Crippen LogP contribution in [0.15, 0.2) is 79.1 Å². The van der Waals surface area contributed by atoms with Gasteiger partial charge in [0.05, 0.1) is 17.6 Å². The van der Waals surface area contributed by atoms with E-state index in [0.29, 0.717) is 18.7 Å². The van der Waals surface area contributed by atoms with Crippen molar-refractivity contribution in [1.82, 2.24) is 40.4 Å². The maximum absolute atomic E-state index is 12.5. The average molecular weight is 467 g/mol. The van der Waals surface area contributed by atoms with Crippen molar-refractivity contribution < 1.29 is 9.59 Å². The fourth-order valence-corrected chi connectivity index (χ4v) is 3.69. The van der Waals surface area contributed by atoms with Gasteiger partial charge in [-0.1, -0.05) is 42.5 Å². The van der Waals surface area contributed by atoms with Crippen molar-refractivity contribution in [2.45, 2.75) is 13.1 Å². The number of fused-ring (bicyclic) bond motifs is 1. The van der Waals surface area contributed by atoms with E-state index in [1.807, 2.05) is 65.2 Å². The maximum Gasteiger partial charge on any atom is 0.293 e. The molecule has 2 heterocycles. The number of nitrogens with zero attached hydrogens (tertiary/aromatic N) is 6. The summed E-state index contributed by atoms with van der Waals surface area (Å²) in [5.41, 5.74) is 5.05. The zero-order valence-corrected chi connectivity index (χ0v) is 18.9. The molecular formula is C25H22N8O2. The van der Waals surface area contributed by atoms with Crippen molar-refractivity contribution in [2.24, 2.45) is 0 Å². The second kappa shape index (κ2) is 9.56. The molecule has 5 rings (SSSR count). The first kappa shape index (κ1) is 22.0. The molecule has 3 aromatic carbocycles. The number of imidazole rings is 1. The van der Waals surface area contributed by atoms with E-state index in [9.17, 15) is 9.59 Å². The maximum atomic E-state index is 12.5. The van der Waals surface area contributed by atoms with Crippen LogP contribution in [0.1, 0.15) is 32.1 Å². The topological polar surface area (TPSA) is 120 Å². The minimum Gasteiger partial charge on any atom is -0.355 e. The van der Waals surface area contributed by atoms with Crippen LogP contribution in [-0.2, 0) is 13.1 Å². The number of hydrogen-bond donors (Lipinski definition) is 2. The number of carbonyl (C=O) groups is 2. The van der Waals surface area contributed by atoms with Crippen LogP contribution in [0.3, 0.4) is 0 Å². The molecular weight excluding hydrogens is 444 g/mol. The SMILES string of the molecule is CNC(=O)c1ccc2c(c1)ncn2-c1ccc(CNC(=O)c2nnn(Cc3ccccc3)n2)cc1. The van der Waals surface area contributed by atoms with Crippen LogP contribution in [0, 0.1) is 0 Å². The fraction of sp³-hybridized carbons (Fsp3) is 0.120. The molecule has 0 aliphatic carbocycles. The summed E-state index contributed by atoms with van der Waals surface area (Å²) >= 11 is 0. The standard InChI is InChI=1S/C25H22N8O2/c1-26-24(34)19-9-12-22-21(13-19)28-16-32(22)20-10-7-17(8-11-20)14-27-25(35)23-29-31-33(30-23)15-18-5-3-2-4-6-18/h2-13,16H,14-15H2,1H3,(H,26,34)(H,27,35). The van der Waals surface area contributed by atoms with Gasteiger partial charge in [-0.2, -0.15) is 4.80 Å². The van der Waals surface area contributed by atoms with Crippen molar-refractivity contribution in [2.75, 3.05) is 7.05 Å². The third-order valence-electron chi connectivity index (χ3n) is 5.53. The third-order valence-corrected chi connectivity index (χ3v) is 5.53. The summed E-state index contributed by atoms with van der Waals surface area (Å²) in [5, 5.41) is 17.4. The average Bonchev–Trinajstić information content (AvgIpc) is 3.54. The van der Waals surface area contributed by atoms with Gasteiger partial charge >= 0.3 is 0 Å². The highest BCUT2D eigenvalue weighted by atomic mass is 16.2. The van der Waals surface area contributed by atoms with Crippen LogP contribution >= 0.6 is 0 Å². The normalized spacial score (nSPS) is 10.9. The molecule has 0 bridgehead atoms. The largest absolute Gasteiger partial charge is 0.355 e. The van der Waals surface area contributed by atoms with E-state index >= 15 is 0 Å². The van der Waals surface area contributed by atoms with Crippen LogP contribution in [-0.4, -0.2) is 48.6 Å². The van der Waals surface area contributed by atoms with Gasteiger partial charge < -0.3 is 10.6 Å². The van der Waals surface area contributed by atoms with Gasteiger partial charge in [-0.05, 0) is 46.7 Å². The summed E-state index contributed by atoms with van der Waals surface area (Å²) in [6, 6.07) is 22.9. The quantitative estimate of drug-likeness (QED) is 0.380. The Morgan fingerprint density at radius 3 is 2.49 bits per heavy atom. The van der Waals surface area contributed by atoms with Crippen LogP contribution in [0.5, 0.6) is 0 Å². The zero-order chi connectivity index (χ0) is 24.2. The second-order valence-corrected chi connectivity index (χ2v) is 7.88. The molecule has 2 aromatic heterocycles. The first-order chi connectivity index (χ1) is 17.1. The third kappa shape index (κ3) is 4.76. The van der Waals surface area contributed by atoms with Gasteiger partial charge in [0.2, 0.25) is 0 Å². The van der Waals surface area contributed by atoms with Crippen molar-refractivity contribution in [1.29, 1.82) is 0 Å². The number of aromatic nitrogens is 6. The lowest BCUT2D eigenvalue weighted by Gasteiger charge is -2.07. The molecule has 5 aromatic rings. The van der Waals surface area contributed by atoms with Gasteiger partial charge in [-0.15, -0.1) is 10.2 Å². The summed E-state index contributed by atoms with van der Waals surface area (Å²) in [5.74, 6) is -0.513. The predicted octanol–water partition coefficient (Wildman–Crippen LogP) is 2.35. The van der Waals surface area contributed by atoms with Gasteiger partial charge in [0.15, 0.2) is 0 Å². The molecule has 0 radical (unpaired) electrons. The minimum absolute atomic E-state index is 0.0264. The molecule has 10 heteroatoms. The van der Waals surface area contributed by atoms with Crippen LogP contribution in [0.4, 0.5) is 0 Å². The van der Waals surface area contributed by atoms with Gasteiger partial charge in [0, 0.05) is 24.8 Å². The van der Waals surface area contributed by atoms with E-state index in [2.05, 4.69) is 31.0 Å². The first-order valence-corrected chi connectivity index (χ1v) is 11.0. The predicted molar refractivity (Wildman–Crippen MR) is 129 cm³/mol. The number of tetrazole rings is 1. The van der Waals surface area contributed by atoms with E-state index in [1.54, 1.807) is 25.5 Å². The first-order valence-electron chi connectivity index (χ1n) is 11.0. The molecule has 0 saturated carbocycles. The monoisotopic (exact) mass is 466 g/mol. The van der Waals surface area contributed by atoms with Crippen molar-refractivity contribution >= 4 is 22.8 Å². The summed E-state index contributed by atoms with van der Waals surface area (Å²) < 4.78 is 1.94. The summed E-state index contributed by atoms with van der Waals surface area (Å²) in [6.45, 7) is 0.769. The molecule has 0 spiro atoms. The molecule has 10 nitrogen and oxygen atoms in total. The molecule has 0 atom stereocenters. The Balaban J connectivity index is 1.22. The van der Waals surface area contributed by atoms with Crippen LogP contribution < -0.4 is 10.6 Å². The lowest BCUT2D eigenvalue weighted by molar-refractivity contribution is 0.0937. The summed E-state index contributed by atoms with van der Waals surface area (Å²) in [7, 11) is 1.60. The summed E-state index contributed by atoms with van der Waals surface area (Å²) in [4.78, 5) is 30.1. The lowest BCUT2D eigenvalue weighted by atomic mass is 10.1. The van der Waals surface area contributed by atoms with Gasteiger partial charge in [-0.3, -0.25) is 14.2 Å². The highest BCUT2D eigenvalue weighted by molar-refractivity contribution is 5.97. The number of rotatable bonds is 7. The van der Waals surface area contributed by atoms with Crippen molar-refractivity contribution in [3.63, 3.8) is 0 Å². The van der Waals surface area contributed by atoms with Crippen LogP contribution in [0.25, 0.3) is 16.7 Å². The minimum atomic E-state index is -0.388. The van der Waals surface area contributed by atoms with E-state index in [0.717, 1.165) is 27.8 Å². The molecule has 0 unspecified atom stereocenters. The lowest BCUT2D eigenvalue weighted by Crippen LogP contribution is -2.24. The Kier molecular flexibility index (Phi) is 6.00. The molecule has 2 N–H and O–H groups in total. The molecule has 0 aliphatic rings. The molecule has 2 amide bonds. The van der Waals surface area contributed by atoms with Gasteiger partial charge in [0.1, 0.15) is 6.33 Å². The van der Waals surface area contributed by atoms with Gasteiger partial charge in [0.25, 0.3) is 17.6 Å². The fourth-order valence-electron chi connectivity index (χ4n) is 3.69. The Morgan fingerprint density at radius 2 is 1.71 bits per heavy atom. The highest BCUT2D eigenvalue weighted by Gasteiger charge is 2.13. The molecule has 35 heavy (non-hydrogen) atoms. The Hall–Kier alpha value is -4.86. The summed E-state index contributed by atoms with van der Waals surface area (Å²) in [6.07, 6.45) is 1.72. The smallest absolute Gasteiger partial charge is 0.293 e. The number of nitrogens with one attached hydrogen (secondary N) is 2. The van der Waals surface area contributed by atoms with Crippen LogP contribution in [0.2, 0.25) is 0 Å². The van der Waals surface area contributed by atoms with Gasteiger partial charge in [-0.25, -0.2) is 4.98 Å². The van der Waals surface area contributed by atoms with E-state index in [4.69, 9.17) is 0 Å². The Bertz CT molecular complexity index is 1490. The van der Waals surface area contributed by atoms with E-state index in [-0.39, 0.29) is 17.6 Å². The number of carbonyl (C=O) groups excluding carboxylic acids is 2. The Labute approximate surface area is 200 Å². The zero-order valence-electron chi connectivity index (χ0n) is 18.9. The second-order valence-electron chi connectivity index (χ2n) is 7.88. The van der Waals surface area contributed by atoms with Crippen molar-refractivity contribution in [3.8, 4) is 5.69 Å². The number of amides is 2. The molecule has 0 fully saturated rings. The highest BCUT2D eigenvalue weighted by Crippen LogP contribution is 2.20. The molecule has 174 valence electrons.